The van der Waals surface area contributed by atoms with Gasteiger partial charge in [-0.2, -0.15) is 0 Å². The van der Waals surface area contributed by atoms with E-state index in [-0.39, 0.29) is 12.3 Å². The van der Waals surface area contributed by atoms with Crippen molar-refractivity contribution >= 4 is 40.5 Å². The highest BCUT2D eigenvalue weighted by Crippen LogP contribution is 2.22. The molecule has 0 fully saturated rings. The van der Waals surface area contributed by atoms with Crippen LogP contribution in [0.4, 0.5) is 5.69 Å². The number of nitrogens with one attached hydrogen (secondary N) is 1. The van der Waals surface area contributed by atoms with Crippen molar-refractivity contribution in [3.8, 4) is 0 Å². The van der Waals surface area contributed by atoms with Gasteiger partial charge in [0.1, 0.15) is 0 Å². The molecule has 0 saturated heterocycles. The first kappa shape index (κ1) is 13.6. The number of benzene rings is 1. The molecule has 6 heteroatoms. The fraction of sp³-hybridized carbons (Fsp3) is 0.0769. The highest BCUT2D eigenvalue weighted by atomic mass is 35.5. The van der Waals surface area contributed by atoms with E-state index in [1.807, 2.05) is 0 Å². The quantitative estimate of drug-likeness (QED) is 0.909. The summed E-state index contributed by atoms with van der Waals surface area (Å²) in [4.78, 5) is 22.9. The van der Waals surface area contributed by atoms with Crippen molar-refractivity contribution < 1.29 is 14.7 Å². The van der Waals surface area contributed by atoms with E-state index in [1.165, 1.54) is 11.3 Å². The smallest absolute Gasteiger partial charge is 0.307 e. The van der Waals surface area contributed by atoms with E-state index in [0.717, 1.165) is 0 Å². The van der Waals surface area contributed by atoms with Gasteiger partial charge in [-0.25, -0.2) is 0 Å². The average molecular weight is 296 g/mol. The van der Waals surface area contributed by atoms with E-state index in [2.05, 4.69) is 5.32 Å². The highest BCUT2D eigenvalue weighted by molar-refractivity contribution is 7.18. The Labute approximate surface area is 118 Å². The number of carboxylic acid groups (broad SMARTS) is 1. The van der Waals surface area contributed by atoms with Crippen molar-refractivity contribution in [2.24, 2.45) is 0 Å². The normalized spacial score (nSPS) is 10.2. The maximum absolute atomic E-state index is 11.8. The minimum absolute atomic E-state index is 0.0330. The largest absolute Gasteiger partial charge is 0.481 e. The third kappa shape index (κ3) is 3.81. The zero-order valence-corrected chi connectivity index (χ0v) is 11.3. The Bertz CT molecular complexity index is 607. The lowest BCUT2D eigenvalue weighted by molar-refractivity contribution is -0.136. The molecular weight excluding hydrogens is 286 g/mol. The summed E-state index contributed by atoms with van der Waals surface area (Å²) in [7, 11) is 0. The van der Waals surface area contributed by atoms with Crippen LogP contribution >= 0.6 is 22.9 Å². The van der Waals surface area contributed by atoms with Crippen molar-refractivity contribution in [3.05, 3.63) is 51.2 Å². The van der Waals surface area contributed by atoms with Gasteiger partial charge in [0.05, 0.1) is 15.6 Å². The van der Waals surface area contributed by atoms with E-state index in [1.54, 1.807) is 36.4 Å². The molecule has 0 atom stereocenters. The third-order valence-corrected chi connectivity index (χ3v) is 3.59. The average Bonchev–Trinajstić information content (AvgIpc) is 2.78. The summed E-state index contributed by atoms with van der Waals surface area (Å²) in [6.07, 6.45) is -0.0330. The molecule has 0 radical (unpaired) electrons. The molecule has 0 aliphatic rings. The number of halogens is 1. The van der Waals surface area contributed by atoms with Crippen LogP contribution in [-0.2, 0) is 11.2 Å². The second-order valence-electron chi connectivity index (χ2n) is 3.83. The van der Waals surface area contributed by atoms with Gasteiger partial charge in [-0.05, 0) is 29.8 Å². The topological polar surface area (TPSA) is 66.4 Å². The molecule has 98 valence electrons. The van der Waals surface area contributed by atoms with Crippen molar-refractivity contribution in [1.82, 2.24) is 0 Å². The molecule has 4 nitrogen and oxygen atoms in total. The second kappa shape index (κ2) is 5.86. The Morgan fingerprint density at radius 2 is 1.84 bits per heavy atom. The summed E-state index contributed by atoms with van der Waals surface area (Å²) >= 11 is 6.96. The molecule has 0 saturated carbocycles. The Morgan fingerprint density at radius 3 is 2.37 bits per heavy atom. The Morgan fingerprint density at radius 1 is 1.16 bits per heavy atom. The maximum atomic E-state index is 11.8. The molecule has 0 aliphatic heterocycles. The SMILES string of the molecule is O=C(O)Cc1ccc(NC(=O)c2ccc(Cl)s2)cc1. The Balaban J connectivity index is 2.03. The molecule has 1 aromatic carbocycles. The predicted octanol–water partition coefficient (Wildman–Crippen LogP) is 3.28. The first-order valence-electron chi connectivity index (χ1n) is 5.42. The Hall–Kier alpha value is -1.85. The molecular formula is C13H10ClNO3S. The molecule has 0 bridgehead atoms. The summed E-state index contributed by atoms with van der Waals surface area (Å²) in [5.74, 6) is -1.12. The molecule has 2 aromatic rings. The van der Waals surface area contributed by atoms with Crippen molar-refractivity contribution in [3.63, 3.8) is 0 Å². The molecule has 19 heavy (non-hydrogen) atoms. The lowest BCUT2D eigenvalue weighted by Crippen LogP contribution is -2.10. The van der Waals surface area contributed by atoms with E-state index in [0.29, 0.717) is 20.5 Å². The predicted molar refractivity (Wildman–Crippen MR) is 75.1 cm³/mol. The van der Waals surface area contributed by atoms with Gasteiger partial charge in [0.15, 0.2) is 0 Å². The van der Waals surface area contributed by atoms with Crippen molar-refractivity contribution in [2.45, 2.75) is 6.42 Å². The number of rotatable bonds is 4. The molecule has 0 aliphatic carbocycles. The molecule has 0 spiro atoms. The molecule has 2 N–H and O–H groups in total. The molecule has 1 heterocycles. The number of anilines is 1. The number of carboxylic acids is 1. The fourth-order valence-corrected chi connectivity index (χ4v) is 2.45. The number of thiophene rings is 1. The number of carbonyl (C=O) groups excluding carboxylic acids is 1. The van der Waals surface area contributed by atoms with Crippen LogP contribution in [0.25, 0.3) is 0 Å². The van der Waals surface area contributed by atoms with Crippen molar-refractivity contribution in [2.75, 3.05) is 5.32 Å². The summed E-state index contributed by atoms with van der Waals surface area (Å²) < 4.78 is 0.557. The summed E-state index contributed by atoms with van der Waals surface area (Å²) in [6, 6.07) is 10.0. The molecule has 2 rings (SSSR count). The fourth-order valence-electron chi connectivity index (χ4n) is 1.51. The van der Waals surface area contributed by atoms with Gasteiger partial charge in [0, 0.05) is 5.69 Å². The zero-order chi connectivity index (χ0) is 13.8. The molecule has 0 unspecified atom stereocenters. The number of amides is 1. The summed E-state index contributed by atoms with van der Waals surface area (Å²) in [5, 5.41) is 11.4. The first-order chi connectivity index (χ1) is 9.04. The first-order valence-corrected chi connectivity index (χ1v) is 6.61. The van der Waals surface area contributed by atoms with Crippen LogP contribution in [0.1, 0.15) is 15.2 Å². The summed E-state index contributed by atoms with van der Waals surface area (Å²) in [5.41, 5.74) is 1.30. The van der Waals surface area contributed by atoms with Crippen LogP contribution in [0.5, 0.6) is 0 Å². The van der Waals surface area contributed by atoms with E-state index in [9.17, 15) is 9.59 Å². The molecule has 1 amide bonds. The third-order valence-electron chi connectivity index (χ3n) is 2.36. The maximum Gasteiger partial charge on any atom is 0.307 e. The van der Waals surface area contributed by atoms with Crippen LogP contribution in [0.2, 0.25) is 4.34 Å². The number of hydrogen-bond acceptors (Lipinski definition) is 3. The van der Waals surface area contributed by atoms with Gasteiger partial charge in [0.2, 0.25) is 0 Å². The van der Waals surface area contributed by atoms with Gasteiger partial charge in [-0.1, -0.05) is 23.7 Å². The minimum atomic E-state index is -0.884. The van der Waals surface area contributed by atoms with Gasteiger partial charge in [-0.15, -0.1) is 11.3 Å². The number of aliphatic carboxylic acids is 1. The van der Waals surface area contributed by atoms with Gasteiger partial charge in [-0.3, -0.25) is 9.59 Å². The van der Waals surface area contributed by atoms with Crippen LogP contribution in [-0.4, -0.2) is 17.0 Å². The van der Waals surface area contributed by atoms with Crippen LogP contribution in [0.15, 0.2) is 36.4 Å². The van der Waals surface area contributed by atoms with E-state index >= 15 is 0 Å². The number of carbonyl (C=O) groups is 2. The number of hydrogen-bond donors (Lipinski definition) is 2. The lowest BCUT2D eigenvalue weighted by atomic mass is 10.1. The van der Waals surface area contributed by atoms with E-state index in [4.69, 9.17) is 16.7 Å². The van der Waals surface area contributed by atoms with Crippen LogP contribution < -0.4 is 5.32 Å². The van der Waals surface area contributed by atoms with E-state index < -0.39 is 5.97 Å². The second-order valence-corrected chi connectivity index (χ2v) is 5.54. The monoisotopic (exact) mass is 295 g/mol. The Kier molecular flexibility index (Phi) is 4.19. The lowest BCUT2D eigenvalue weighted by Gasteiger charge is -2.04. The van der Waals surface area contributed by atoms with Crippen molar-refractivity contribution in [1.29, 1.82) is 0 Å². The summed E-state index contributed by atoms with van der Waals surface area (Å²) in [6.45, 7) is 0. The zero-order valence-electron chi connectivity index (χ0n) is 9.72. The standard InChI is InChI=1S/C13H10ClNO3S/c14-11-6-5-10(19-11)13(18)15-9-3-1-8(2-4-9)7-12(16)17/h1-6H,7H2,(H,15,18)(H,16,17). The van der Waals surface area contributed by atoms with Gasteiger partial charge >= 0.3 is 5.97 Å². The molecule has 1 aromatic heterocycles. The van der Waals surface area contributed by atoms with Crippen LogP contribution in [0, 0.1) is 0 Å². The minimum Gasteiger partial charge on any atom is -0.481 e. The van der Waals surface area contributed by atoms with Crippen LogP contribution in [0.3, 0.4) is 0 Å². The van der Waals surface area contributed by atoms with Gasteiger partial charge in [0.25, 0.3) is 5.91 Å². The van der Waals surface area contributed by atoms with Gasteiger partial charge < -0.3 is 10.4 Å². The highest BCUT2D eigenvalue weighted by Gasteiger charge is 2.09.